The summed E-state index contributed by atoms with van der Waals surface area (Å²) in [5.41, 5.74) is 0. The number of alkyl halides is 2. The molecular formula is C8H8F2O4S. The first-order chi connectivity index (χ1) is 7.00. The van der Waals surface area contributed by atoms with Crippen LogP contribution in [0.1, 0.15) is 6.92 Å². The van der Waals surface area contributed by atoms with Crippen molar-refractivity contribution in [3.8, 4) is 0 Å². The van der Waals surface area contributed by atoms with Gasteiger partial charge in [-0.15, -0.1) is 0 Å². The number of rotatable bonds is 4. The molecule has 0 saturated carbocycles. The van der Waals surface area contributed by atoms with E-state index in [1.165, 1.54) is 13.0 Å². The van der Waals surface area contributed by atoms with Gasteiger partial charge in [0.25, 0.3) is 0 Å². The van der Waals surface area contributed by atoms with E-state index in [4.69, 9.17) is 0 Å². The van der Waals surface area contributed by atoms with Gasteiger partial charge in [-0.3, -0.25) is 0 Å². The number of carbonyl (C=O) groups excluding carboxylic acids is 1. The predicted octanol–water partition coefficient (Wildman–Crippen LogP) is 1.54. The summed E-state index contributed by atoms with van der Waals surface area (Å²) in [6.45, 7) is 1.17. The van der Waals surface area contributed by atoms with Crippen LogP contribution in [0.4, 0.5) is 8.78 Å². The van der Waals surface area contributed by atoms with Gasteiger partial charge in [-0.2, -0.15) is 8.78 Å². The van der Waals surface area contributed by atoms with Crippen molar-refractivity contribution in [1.82, 2.24) is 0 Å². The Bertz CT molecular complexity index is 361. The highest BCUT2D eigenvalue weighted by Gasteiger charge is 2.49. The van der Waals surface area contributed by atoms with Crippen LogP contribution in [0.25, 0.3) is 0 Å². The molecule has 0 aliphatic heterocycles. The second-order valence-electron chi connectivity index (χ2n) is 2.44. The quantitative estimate of drug-likeness (QED) is 0.746. The Balaban J connectivity index is 2.86. The lowest BCUT2D eigenvalue weighted by Gasteiger charge is -2.11. The lowest BCUT2D eigenvalue weighted by atomic mass is 10.7. The minimum atomic E-state index is -4.09. The molecule has 0 bridgehead atoms. The first-order valence-electron chi connectivity index (χ1n) is 4.00. The molecule has 1 rings (SSSR count). The predicted molar refractivity (Wildman–Crippen MR) is 46.7 cm³/mol. The Morgan fingerprint density at radius 1 is 1.67 bits per heavy atom. The van der Waals surface area contributed by atoms with Crippen LogP contribution >= 0.6 is 0 Å². The fourth-order valence-electron chi connectivity index (χ4n) is 0.786. The Morgan fingerprint density at radius 2 is 2.33 bits per heavy atom. The van der Waals surface area contributed by atoms with Gasteiger partial charge in [-0.05, 0) is 19.1 Å². The van der Waals surface area contributed by atoms with Gasteiger partial charge in [0.2, 0.25) is 0 Å². The summed E-state index contributed by atoms with van der Waals surface area (Å²) in [5.74, 6) is -1.82. The molecule has 1 atom stereocenters. The van der Waals surface area contributed by atoms with Crippen molar-refractivity contribution in [3.63, 3.8) is 0 Å². The molecule has 1 unspecified atom stereocenters. The first kappa shape index (κ1) is 11.8. The number of furan rings is 1. The van der Waals surface area contributed by atoms with Crippen LogP contribution in [-0.2, 0) is 20.3 Å². The number of carbonyl (C=O) groups is 1. The van der Waals surface area contributed by atoms with E-state index in [1.54, 1.807) is 0 Å². The van der Waals surface area contributed by atoms with E-state index < -0.39 is 27.1 Å². The molecule has 0 aromatic carbocycles. The molecule has 15 heavy (non-hydrogen) atoms. The molecule has 1 aromatic rings. The standard InChI is InChI=1S/C8H8F2O4S/c1-2-13-7(11)8(9,10)15(12)6-4-3-5-14-6/h3-5H,2H2,1H3. The number of halogens is 2. The van der Waals surface area contributed by atoms with Gasteiger partial charge >= 0.3 is 11.2 Å². The molecule has 1 aromatic heterocycles. The molecule has 4 nitrogen and oxygen atoms in total. The van der Waals surface area contributed by atoms with Crippen molar-refractivity contribution in [2.75, 3.05) is 6.61 Å². The highest BCUT2D eigenvalue weighted by atomic mass is 32.2. The van der Waals surface area contributed by atoms with Gasteiger partial charge in [-0.1, -0.05) is 0 Å². The molecule has 84 valence electrons. The largest absolute Gasteiger partial charge is 0.461 e. The molecule has 0 N–H and O–H groups in total. The number of hydrogen-bond donors (Lipinski definition) is 0. The minimum Gasteiger partial charge on any atom is -0.461 e. The molecule has 0 aliphatic rings. The second-order valence-corrected chi connectivity index (χ2v) is 3.89. The lowest BCUT2D eigenvalue weighted by Crippen LogP contribution is -2.35. The maximum atomic E-state index is 13.1. The monoisotopic (exact) mass is 238 g/mol. The first-order valence-corrected chi connectivity index (χ1v) is 5.15. The minimum absolute atomic E-state index is 0.205. The SMILES string of the molecule is CCOC(=O)C(F)(F)S(=O)c1ccco1. The smallest absolute Gasteiger partial charge is 0.422 e. The molecular weight excluding hydrogens is 230 g/mol. The average molecular weight is 238 g/mol. The van der Waals surface area contributed by atoms with Gasteiger partial charge < -0.3 is 9.15 Å². The molecule has 7 heteroatoms. The lowest BCUT2D eigenvalue weighted by molar-refractivity contribution is -0.160. The van der Waals surface area contributed by atoms with E-state index in [0.717, 1.165) is 12.3 Å². The Hall–Kier alpha value is -1.24. The summed E-state index contributed by atoms with van der Waals surface area (Å²) in [4.78, 5) is 10.8. The summed E-state index contributed by atoms with van der Waals surface area (Å²) in [5, 5.41) is -4.55. The fraction of sp³-hybridized carbons (Fsp3) is 0.375. The molecule has 1 heterocycles. The maximum Gasteiger partial charge on any atom is 0.422 e. The van der Waals surface area contributed by atoms with Gasteiger partial charge in [-0.25, -0.2) is 9.00 Å². The van der Waals surface area contributed by atoms with Crippen LogP contribution in [0, 0.1) is 0 Å². The molecule has 0 radical (unpaired) electrons. The highest BCUT2D eigenvalue weighted by molar-refractivity contribution is 7.86. The van der Waals surface area contributed by atoms with Crippen molar-refractivity contribution in [2.45, 2.75) is 17.3 Å². The summed E-state index contributed by atoms with van der Waals surface area (Å²) >= 11 is 0. The van der Waals surface area contributed by atoms with Gasteiger partial charge in [0.05, 0.1) is 12.9 Å². The zero-order chi connectivity index (χ0) is 11.5. The summed E-state index contributed by atoms with van der Waals surface area (Å²) < 4.78 is 46.1. The van der Waals surface area contributed by atoms with E-state index in [1.807, 2.05) is 0 Å². The topological polar surface area (TPSA) is 56.5 Å². The summed E-state index contributed by atoms with van der Waals surface area (Å²) in [6.07, 6.45) is 1.09. The van der Waals surface area contributed by atoms with Gasteiger partial charge in [0, 0.05) is 0 Å². The Kier molecular flexibility index (Phi) is 3.57. The van der Waals surface area contributed by atoms with Crippen LogP contribution in [0.15, 0.2) is 27.9 Å². The molecule has 0 saturated heterocycles. The third-order valence-corrected chi connectivity index (χ3v) is 2.65. The van der Waals surface area contributed by atoms with Crippen molar-refractivity contribution in [1.29, 1.82) is 0 Å². The summed E-state index contributed by atoms with van der Waals surface area (Å²) in [7, 11) is -2.87. The zero-order valence-corrected chi connectivity index (χ0v) is 8.55. The van der Waals surface area contributed by atoms with E-state index in [-0.39, 0.29) is 6.61 Å². The fourth-order valence-corrected chi connectivity index (χ4v) is 1.59. The number of ether oxygens (including phenoxy) is 1. The van der Waals surface area contributed by atoms with Crippen molar-refractivity contribution < 1.29 is 26.9 Å². The van der Waals surface area contributed by atoms with E-state index in [0.29, 0.717) is 0 Å². The Morgan fingerprint density at radius 3 is 2.80 bits per heavy atom. The van der Waals surface area contributed by atoms with Crippen LogP contribution in [0.5, 0.6) is 0 Å². The number of hydrogen-bond acceptors (Lipinski definition) is 4. The molecule has 0 aliphatic carbocycles. The van der Waals surface area contributed by atoms with E-state index in [9.17, 15) is 17.8 Å². The van der Waals surface area contributed by atoms with Gasteiger partial charge in [0.1, 0.15) is 0 Å². The number of esters is 1. The van der Waals surface area contributed by atoms with Crippen LogP contribution in [0.3, 0.4) is 0 Å². The maximum absolute atomic E-state index is 13.1. The Labute approximate surface area is 86.7 Å². The normalized spacial score (nSPS) is 13.5. The zero-order valence-electron chi connectivity index (χ0n) is 7.74. The van der Waals surface area contributed by atoms with Crippen molar-refractivity contribution in [3.05, 3.63) is 18.4 Å². The molecule has 0 spiro atoms. The van der Waals surface area contributed by atoms with Crippen LogP contribution in [0.2, 0.25) is 0 Å². The second kappa shape index (κ2) is 4.52. The van der Waals surface area contributed by atoms with Gasteiger partial charge in [0.15, 0.2) is 15.9 Å². The molecule has 0 fully saturated rings. The van der Waals surface area contributed by atoms with Crippen LogP contribution < -0.4 is 0 Å². The van der Waals surface area contributed by atoms with Crippen molar-refractivity contribution in [2.24, 2.45) is 0 Å². The van der Waals surface area contributed by atoms with E-state index in [2.05, 4.69) is 9.15 Å². The third kappa shape index (κ3) is 2.41. The molecule has 0 amide bonds. The third-order valence-electron chi connectivity index (χ3n) is 1.42. The average Bonchev–Trinajstić information content (AvgIpc) is 2.69. The van der Waals surface area contributed by atoms with E-state index >= 15 is 0 Å². The van der Waals surface area contributed by atoms with Crippen molar-refractivity contribution >= 4 is 16.8 Å². The van der Waals surface area contributed by atoms with Crippen LogP contribution in [-0.4, -0.2) is 22.0 Å². The summed E-state index contributed by atoms with van der Waals surface area (Å²) in [6, 6.07) is 2.40. The highest BCUT2D eigenvalue weighted by Crippen LogP contribution is 2.26.